The fourth-order valence-electron chi connectivity index (χ4n) is 2.28. The number of nitro groups is 1. The molecule has 0 saturated carbocycles. The number of nitro benzene ring substituents is 1. The van der Waals surface area contributed by atoms with Crippen LogP contribution in [0.2, 0.25) is 0 Å². The van der Waals surface area contributed by atoms with E-state index in [4.69, 9.17) is 5.73 Å². The SMILES string of the molecule is Cc1ccc(S(=O)(=O)N(CNC(=O)c2cccc([N+](=O)[O-])c2)CC(N)=O)cc1. The van der Waals surface area contributed by atoms with E-state index in [2.05, 4.69) is 5.32 Å². The highest BCUT2D eigenvalue weighted by Crippen LogP contribution is 2.16. The maximum absolute atomic E-state index is 12.7. The van der Waals surface area contributed by atoms with Gasteiger partial charge < -0.3 is 11.1 Å². The number of aryl methyl sites for hydroxylation is 1. The van der Waals surface area contributed by atoms with E-state index in [1.807, 2.05) is 0 Å². The number of carbonyl (C=O) groups is 2. The minimum Gasteiger partial charge on any atom is -0.369 e. The number of nitrogens with two attached hydrogens (primary N) is 1. The number of non-ortho nitro benzene ring substituents is 1. The Balaban J connectivity index is 2.21. The highest BCUT2D eigenvalue weighted by atomic mass is 32.2. The second-order valence-corrected chi connectivity index (χ2v) is 7.80. The zero-order valence-corrected chi connectivity index (χ0v) is 15.7. The first-order chi connectivity index (χ1) is 13.1. The zero-order valence-electron chi connectivity index (χ0n) is 14.9. The zero-order chi connectivity index (χ0) is 20.9. The molecule has 0 atom stereocenters. The summed E-state index contributed by atoms with van der Waals surface area (Å²) in [5.41, 5.74) is 5.67. The van der Waals surface area contributed by atoms with Gasteiger partial charge in [-0.1, -0.05) is 23.8 Å². The summed E-state index contributed by atoms with van der Waals surface area (Å²) in [4.78, 5) is 33.6. The van der Waals surface area contributed by atoms with Gasteiger partial charge in [-0.2, -0.15) is 4.31 Å². The maximum atomic E-state index is 12.7. The second kappa shape index (κ2) is 8.59. The van der Waals surface area contributed by atoms with Crippen LogP contribution in [0.25, 0.3) is 0 Å². The van der Waals surface area contributed by atoms with Gasteiger partial charge in [0.25, 0.3) is 11.6 Å². The van der Waals surface area contributed by atoms with Gasteiger partial charge >= 0.3 is 0 Å². The summed E-state index contributed by atoms with van der Waals surface area (Å²) in [5, 5.41) is 13.1. The van der Waals surface area contributed by atoms with Crippen LogP contribution in [0.5, 0.6) is 0 Å². The van der Waals surface area contributed by atoms with Gasteiger partial charge in [-0.3, -0.25) is 19.7 Å². The van der Waals surface area contributed by atoms with E-state index in [1.54, 1.807) is 19.1 Å². The predicted molar refractivity (Wildman–Crippen MR) is 99.7 cm³/mol. The van der Waals surface area contributed by atoms with Crippen molar-refractivity contribution in [3.05, 3.63) is 69.8 Å². The molecule has 0 radical (unpaired) electrons. The maximum Gasteiger partial charge on any atom is 0.270 e. The first-order valence-electron chi connectivity index (χ1n) is 7.99. The van der Waals surface area contributed by atoms with E-state index in [1.165, 1.54) is 30.3 Å². The lowest BCUT2D eigenvalue weighted by molar-refractivity contribution is -0.384. The molecule has 2 amide bonds. The summed E-state index contributed by atoms with van der Waals surface area (Å²) in [7, 11) is -4.10. The molecule has 0 spiro atoms. The summed E-state index contributed by atoms with van der Waals surface area (Å²) in [6.45, 7) is 0.600. The van der Waals surface area contributed by atoms with Gasteiger partial charge in [0.15, 0.2) is 0 Å². The summed E-state index contributed by atoms with van der Waals surface area (Å²) in [5.74, 6) is -1.64. The molecule has 0 aliphatic heterocycles. The van der Waals surface area contributed by atoms with Crippen molar-refractivity contribution in [1.29, 1.82) is 0 Å². The molecule has 148 valence electrons. The van der Waals surface area contributed by atoms with Crippen LogP contribution in [0.15, 0.2) is 53.4 Å². The highest BCUT2D eigenvalue weighted by molar-refractivity contribution is 7.89. The number of benzene rings is 2. The molecule has 2 aromatic rings. The fourth-order valence-corrected chi connectivity index (χ4v) is 3.59. The normalized spacial score (nSPS) is 11.2. The summed E-state index contributed by atoms with van der Waals surface area (Å²) in [6, 6.07) is 10.9. The van der Waals surface area contributed by atoms with Gasteiger partial charge in [0, 0.05) is 17.7 Å². The van der Waals surface area contributed by atoms with Crippen molar-refractivity contribution in [1.82, 2.24) is 9.62 Å². The van der Waals surface area contributed by atoms with Crippen molar-refractivity contribution in [2.75, 3.05) is 13.2 Å². The second-order valence-electron chi connectivity index (χ2n) is 5.87. The van der Waals surface area contributed by atoms with Crippen LogP contribution in [-0.2, 0) is 14.8 Å². The molecule has 28 heavy (non-hydrogen) atoms. The number of nitrogens with one attached hydrogen (secondary N) is 1. The lowest BCUT2D eigenvalue weighted by Crippen LogP contribution is -2.45. The van der Waals surface area contributed by atoms with Crippen molar-refractivity contribution >= 4 is 27.5 Å². The van der Waals surface area contributed by atoms with Gasteiger partial charge in [-0.15, -0.1) is 0 Å². The number of carbonyl (C=O) groups excluding carboxylic acids is 2. The Morgan fingerprint density at radius 3 is 2.39 bits per heavy atom. The molecule has 0 fully saturated rings. The van der Waals surface area contributed by atoms with Crippen LogP contribution in [0.4, 0.5) is 5.69 Å². The third kappa shape index (κ3) is 5.11. The summed E-state index contributed by atoms with van der Waals surface area (Å²) < 4.78 is 26.2. The Labute approximate surface area is 161 Å². The largest absolute Gasteiger partial charge is 0.369 e. The number of sulfonamides is 1. The average molecular weight is 406 g/mol. The van der Waals surface area contributed by atoms with Crippen LogP contribution in [0, 0.1) is 17.0 Å². The highest BCUT2D eigenvalue weighted by Gasteiger charge is 2.26. The molecule has 10 nitrogen and oxygen atoms in total. The smallest absolute Gasteiger partial charge is 0.270 e. The molecule has 2 aromatic carbocycles. The Bertz CT molecular complexity index is 1000. The van der Waals surface area contributed by atoms with Crippen molar-refractivity contribution in [3.8, 4) is 0 Å². The number of rotatable bonds is 8. The average Bonchev–Trinajstić information content (AvgIpc) is 2.64. The van der Waals surface area contributed by atoms with E-state index >= 15 is 0 Å². The Hall–Kier alpha value is -3.31. The third-order valence-electron chi connectivity index (χ3n) is 3.73. The third-order valence-corrected chi connectivity index (χ3v) is 5.53. The molecular formula is C17H18N4O6S. The minimum atomic E-state index is -4.10. The first-order valence-corrected chi connectivity index (χ1v) is 9.43. The number of nitrogens with zero attached hydrogens (tertiary/aromatic N) is 2. The topological polar surface area (TPSA) is 153 Å². The van der Waals surface area contributed by atoms with Gasteiger partial charge in [0.2, 0.25) is 15.9 Å². The van der Waals surface area contributed by atoms with Crippen molar-refractivity contribution < 1.29 is 22.9 Å². The Morgan fingerprint density at radius 1 is 1.18 bits per heavy atom. The van der Waals surface area contributed by atoms with E-state index < -0.39 is 40.0 Å². The van der Waals surface area contributed by atoms with Crippen LogP contribution in [0.3, 0.4) is 0 Å². The molecule has 0 saturated heterocycles. The Kier molecular flexibility index (Phi) is 6.44. The summed E-state index contributed by atoms with van der Waals surface area (Å²) in [6.07, 6.45) is 0. The van der Waals surface area contributed by atoms with Gasteiger partial charge in [-0.25, -0.2) is 8.42 Å². The van der Waals surface area contributed by atoms with Gasteiger partial charge in [-0.05, 0) is 25.1 Å². The number of hydrogen-bond acceptors (Lipinski definition) is 6. The Morgan fingerprint density at radius 2 is 1.82 bits per heavy atom. The molecule has 0 aliphatic rings. The first kappa shape index (κ1) is 21.0. The monoisotopic (exact) mass is 406 g/mol. The molecule has 0 aromatic heterocycles. The van der Waals surface area contributed by atoms with Crippen LogP contribution < -0.4 is 11.1 Å². The molecular weight excluding hydrogens is 388 g/mol. The predicted octanol–water partition coefficient (Wildman–Crippen LogP) is 0.767. The molecule has 3 N–H and O–H groups in total. The van der Waals surface area contributed by atoms with E-state index in [0.29, 0.717) is 0 Å². The van der Waals surface area contributed by atoms with Crippen molar-refractivity contribution in [3.63, 3.8) is 0 Å². The molecule has 0 bridgehead atoms. The standard InChI is InChI=1S/C17H18N4O6S/c1-12-5-7-15(8-6-12)28(26,27)20(10-16(18)22)11-19-17(23)13-3-2-4-14(9-13)21(24)25/h2-9H,10-11H2,1H3,(H2,18,22)(H,19,23). The van der Waals surface area contributed by atoms with E-state index in [-0.39, 0.29) is 16.1 Å². The molecule has 2 rings (SSSR count). The number of hydrogen-bond donors (Lipinski definition) is 2. The van der Waals surface area contributed by atoms with Gasteiger partial charge in [0.1, 0.15) is 0 Å². The fraction of sp³-hybridized carbons (Fsp3) is 0.176. The molecule has 0 heterocycles. The number of amides is 2. The molecule has 0 aliphatic carbocycles. The van der Waals surface area contributed by atoms with Gasteiger partial charge in [0.05, 0.1) is 23.0 Å². The van der Waals surface area contributed by atoms with E-state index in [9.17, 15) is 28.1 Å². The lowest BCUT2D eigenvalue weighted by atomic mass is 10.2. The minimum absolute atomic E-state index is 0.0269. The quantitative estimate of drug-likeness (QED) is 0.375. The molecule has 0 unspecified atom stereocenters. The summed E-state index contributed by atoms with van der Waals surface area (Å²) >= 11 is 0. The van der Waals surface area contributed by atoms with Crippen LogP contribution in [-0.4, -0.2) is 42.7 Å². The molecule has 11 heteroatoms. The number of primary amides is 1. The van der Waals surface area contributed by atoms with Crippen LogP contribution >= 0.6 is 0 Å². The van der Waals surface area contributed by atoms with Crippen molar-refractivity contribution in [2.45, 2.75) is 11.8 Å². The van der Waals surface area contributed by atoms with E-state index in [0.717, 1.165) is 15.9 Å². The van der Waals surface area contributed by atoms with Crippen molar-refractivity contribution in [2.24, 2.45) is 5.73 Å². The van der Waals surface area contributed by atoms with Crippen LogP contribution in [0.1, 0.15) is 15.9 Å². The lowest BCUT2D eigenvalue weighted by Gasteiger charge is -2.21.